The van der Waals surface area contributed by atoms with Gasteiger partial charge in [-0.25, -0.2) is 0 Å². The number of hydrogen-bond donors (Lipinski definition) is 1. The molecule has 2 aromatic rings. The number of carbonyl (C=O) groups is 2. The Morgan fingerprint density at radius 2 is 1.87 bits per heavy atom. The average molecular weight is 428 g/mol. The predicted octanol–water partition coefficient (Wildman–Crippen LogP) is 5.35. The number of aliphatic hydroxyl groups is 1. The van der Waals surface area contributed by atoms with Gasteiger partial charge < -0.3 is 14.7 Å². The summed E-state index contributed by atoms with van der Waals surface area (Å²) >= 11 is 6.06. The van der Waals surface area contributed by atoms with Crippen LogP contribution in [0.25, 0.3) is 5.76 Å². The monoisotopic (exact) mass is 427 g/mol. The molecule has 1 aliphatic heterocycles. The molecule has 2 aromatic carbocycles. The highest BCUT2D eigenvalue weighted by Gasteiger charge is 2.45. The lowest BCUT2D eigenvalue weighted by atomic mass is 9.95. The summed E-state index contributed by atoms with van der Waals surface area (Å²) in [6, 6.07) is 13.2. The van der Waals surface area contributed by atoms with Gasteiger partial charge in [-0.1, -0.05) is 49.2 Å². The van der Waals surface area contributed by atoms with E-state index in [0.29, 0.717) is 22.9 Å². The molecule has 1 atom stereocenters. The van der Waals surface area contributed by atoms with Crippen molar-refractivity contribution in [1.29, 1.82) is 0 Å². The number of likely N-dealkylation sites (tertiary alicyclic amines) is 1. The number of ketones is 1. The van der Waals surface area contributed by atoms with E-state index in [1.165, 1.54) is 0 Å². The van der Waals surface area contributed by atoms with Crippen molar-refractivity contribution >= 4 is 29.1 Å². The van der Waals surface area contributed by atoms with E-state index in [2.05, 4.69) is 0 Å². The van der Waals surface area contributed by atoms with Crippen LogP contribution < -0.4 is 4.74 Å². The van der Waals surface area contributed by atoms with Crippen LogP contribution in [0.15, 0.2) is 54.1 Å². The summed E-state index contributed by atoms with van der Waals surface area (Å²) in [4.78, 5) is 27.3. The van der Waals surface area contributed by atoms with Crippen LogP contribution in [-0.2, 0) is 9.59 Å². The quantitative estimate of drug-likeness (QED) is 0.367. The van der Waals surface area contributed by atoms with Crippen LogP contribution in [0.2, 0.25) is 5.02 Å². The maximum Gasteiger partial charge on any atom is 0.295 e. The fourth-order valence-electron chi connectivity index (χ4n) is 3.58. The molecule has 0 bridgehead atoms. The first-order valence-electron chi connectivity index (χ1n) is 10.1. The van der Waals surface area contributed by atoms with Crippen molar-refractivity contribution in [2.75, 3.05) is 6.54 Å². The van der Waals surface area contributed by atoms with E-state index in [4.69, 9.17) is 16.3 Å². The van der Waals surface area contributed by atoms with Crippen LogP contribution in [0.5, 0.6) is 5.75 Å². The number of carbonyl (C=O) groups excluding carboxylic acids is 2. The van der Waals surface area contributed by atoms with Crippen molar-refractivity contribution in [2.24, 2.45) is 0 Å². The highest BCUT2D eigenvalue weighted by atomic mass is 35.5. The standard InChI is InChI=1S/C24H26ClNO4/c1-4-5-13-26-21(16-9-11-19(12-10-16)30-15(2)3)20(23(28)24(26)29)22(27)17-7-6-8-18(25)14-17/h6-12,14-15,21,27H,4-5,13H2,1-3H3/b22-20-. The topological polar surface area (TPSA) is 66.8 Å². The molecular weight excluding hydrogens is 402 g/mol. The highest BCUT2D eigenvalue weighted by Crippen LogP contribution is 2.40. The van der Waals surface area contributed by atoms with Crippen molar-refractivity contribution in [3.63, 3.8) is 0 Å². The number of benzene rings is 2. The molecule has 30 heavy (non-hydrogen) atoms. The first kappa shape index (κ1) is 21.9. The van der Waals surface area contributed by atoms with E-state index >= 15 is 0 Å². The Labute approximate surface area is 181 Å². The molecule has 0 saturated carbocycles. The van der Waals surface area contributed by atoms with E-state index in [9.17, 15) is 14.7 Å². The van der Waals surface area contributed by atoms with Gasteiger partial charge in [0.05, 0.1) is 17.7 Å². The first-order valence-corrected chi connectivity index (χ1v) is 10.5. The van der Waals surface area contributed by atoms with Crippen LogP contribution in [0.4, 0.5) is 0 Å². The molecular formula is C24H26ClNO4. The number of hydrogen-bond acceptors (Lipinski definition) is 4. The van der Waals surface area contributed by atoms with Gasteiger partial charge in [-0.15, -0.1) is 0 Å². The van der Waals surface area contributed by atoms with Gasteiger partial charge >= 0.3 is 0 Å². The van der Waals surface area contributed by atoms with Crippen molar-refractivity contribution in [2.45, 2.75) is 45.8 Å². The second-order valence-corrected chi connectivity index (χ2v) is 8.03. The van der Waals surface area contributed by atoms with Gasteiger partial charge in [0, 0.05) is 17.1 Å². The molecule has 0 aliphatic carbocycles. The van der Waals surface area contributed by atoms with E-state index < -0.39 is 17.7 Å². The summed E-state index contributed by atoms with van der Waals surface area (Å²) in [5.41, 5.74) is 1.22. The third-order valence-corrected chi connectivity index (χ3v) is 5.19. The van der Waals surface area contributed by atoms with Crippen molar-refractivity contribution < 1.29 is 19.4 Å². The van der Waals surface area contributed by atoms with Gasteiger partial charge in [-0.2, -0.15) is 0 Å². The van der Waals surface area contributed by atoms with Crippen molar-refractivity contribution in [3.8, 4) is 5.75 Å². The fraction of sp³-hybridized carbons (Fsp3) is 0.333. The van der Waals surface area contributed by atoms with Crippen LogP contribution in [0.3, 0.4) is 0 Å². The van der Waals surface area contributed by atoms with Gasteiger partial charge in [0.2, 0.25) is 0 Å². The molecule has 1 N–H and O–H groups in total. The summed E-state index contributed by atoms with van der Waals surface area (Å²) in [6.07, 6.45) is 1.68. The molecule has 5 nitrogen and oxygen atoms in total. The molecule has 6 heteroatoms. The Kier molecular flexibility index (Phi) is 6.83. The SMILES string of the molecule is CCCCN1C(=O)C(=O)/C(=C(\O)c2cccc(Cl)c2)C1c1ccc(OC(C)C)cc1. The molecule has 0 aromatic heterocycles. The van der Waals surface area contributed by atoms with Gasteiger partial charge in [0.1, 0.15) is 11.5 Å². The maximum atomic E-state index is 12.9. The second-order valence-electron chi connectivity index (χ2n) is 7.59. The number of rotatable bonds is 7. The molecule has 1 aliphatic rings. The number of aliphatic hydroxyl groups excluding tert-OH is 1. The summed E-state index contributed by atoms with van der Waals surface area (Å²) in [5, 5.41) is 11.4. The molecule has 158 valence electrons. The Morgan fingerprint density at radius 3 is 2.47 bits per heavy atom. The fourth-order valence-corrected chi connectivity index (χ4v) is 3.77. The smallest absolute Gasteiger partial charge is 0.295 e. The van der Waals surface area contributed by atoms with Crippen LogP contribution in [-0.4, -0.2) is 34.3 Å². The van der Waals surface area contributed by atoms with Gasteiger partial charge in [-0.05, 0) is 50.1 Å². The zero-order valence-electron chi connectivity index (χ0n) is 17.4. The minimum absolute atomic E-state index is 0.0360. The lowest BCUT2D eigenvalue weighted by Crippen LogP contribution is -2.30. The molecule has 3 rings (SSSR count). The number of ether oxygens (including phenoxy) is 1. The second kappa shape index (κ2) is 9.35. The summed E-state index contributed by atoms with van der Waals surface area (Å²) in [6.45, 7) is 6.34. The summed E-state index contributed by atoms with van der Waals surface area (Å²) in [7, 11) is 0. The minimum Gasteiger partial charge on any atom is -0.507 e. The van der Waals surface area contributed by atoms with E-state index in [0.717, 1.165) is 18.4 Å². The van der Waals surface area contributed by atoms with Crippen LogP contribution >= 0.6 is 11.6 Å². The average Bonchev–Trinajstić information content (AvgIpc) is 2.96. The summed E-state index contributed by atoms with van der Waals surface area (Å²) < 4.78 is 5.70. The lowest BCUT2D eigenvalue weighted by Gasteiger charge is -2.25. The Bertz CT molecular complexity index is 965. The third kappa shape index (κ3) is 4.51. The minimum atomic E-state index is -0.684. The number of Topliss-reactive ketones (excluding diaryl/α,β-unsaturated/α-hetero) is 1. The Balaban J connectivity index is 2.10. The Hall–Kier alpha value is -2.79. The van der Waals surface area contributed by atoms with E-state index in [1.807, 2.05) is 45.0 Å². The van der Waals surface area contributed by atoms with Gasteiger partial charge in [-0.3, -0.25) is 9.59 Å². The maximum absolute atomic E-state index is 12.9. The molecule has 0 spiro atoms. The molecule has 1 amide bonds. The van der Waals surface area contributed by atoms with Gasteiger partial charge in [0.25, 0.3) is 11.7 Å². The zero-order chi connectivity index (χ0) is 21.8. The predicted molar refractivity (Wildman–Crippen MR) is 118 cm³/mol. The Morgan fingerprint density at radius 1 is 1.17 bits per heavy atom. The van der Waals surface area contributed by atoms with Crippen LogP contribution in [0.1, 0.15) is 50.8 Å². The molecule has 1 heterocycles. The third-order valence-electron chi connectivity index (χ3n) is 4.96. The number of halogens is 1. The number of unbranched alkanes of at least 4 members (excludes halogenated alkanes) is 1. The number of nitrogens with zero attached hydrogens (tertiary/aromatic N) is 1. The molecule has 0 radical (unpaired) electrons. The molecule has 1 saturated heterocycles. The van der Waals surface area contributed by atoms with Crippen molar-refractivity contribution in [3.05, 3.63) is 70.3 Å². The summed E-state index contributed by atoms with van der Waals surface area (Å²) in [5.74, 6) is -0.799. The number of amides is 1. The van der Waals surface area contributed by atoms with Crippen molar-refractivity contribution in [1.82, 2.24) is 4.90 Å². The first-order chi connectivity index (χ1) is 14.3. The largest absolute Gasteiger partial charge is 0.507 e. The van der Waals surface area contributed by atoms with Gasteiger partial charge in [0.15, 0.2) is 0 Å². The zero-order valence-corrected chi connectivity index (χ0v) is 18.1. The normalized spacial score (nSPS) is 18.3. The lowest BCUT2D eigenvalue weighted by molar-refractivity contribution is -0.139. The van der Waals surface area contributed by atoms with E-state index in [1.54, 1.807) is 29.2 Å². The van der Waals surface area contributed by atoms with E-state index in [-0.39, 0.29) is 17.4 Å². The van der Waals surface area contributed by atoms with Crippen LogP contribution in [0, 0.1) is 0 Å². The molecule has 1 unspecified atom stereocenters. The highest BCUT2D eigenvalue weighted by molar-refractivity contribution is 6.46. The molecule has 1 fully saturated rings.